The van der Waals surface area contributed by atoms with Crippen molar-refractivity contribution in [3.05, 3.63) is 42.0 Å². The van der Waals surface area contributed by atoms with Gasteiger partial charge in [-0.05, 0) is 32.9 Å². The van der Waals surface area contributed by atoms with E-state index in [0.717, 1.165) is 11.0 Å². The number of nitrogens with zero attached hydrogens (tertiary/aromatic N) is 5. The molecule has 0 spiro atoms. The Labute approximate surface area is 133 Å². The molecule has 0 atom stereocenters. The lowest BCUT2D eigenvalue weighted by Gasteiger charge is -2.09. The Hall–Kier alpha value is -2.70. The van der Waals surface area contributed by atoms with Crippen LogP contribution in [0.5, 0.6) is 0 Å². The number of carbonyl (C=O) groups excluding carboxylic acids is 1. The van der Waals surface area contributed by atoms with Crippen molar-refractivity contribution in [1.82, 2.24) is 24.5 Å². The number of hydrogen-bond acceptors (Lipinski definition) is 5. The largest absolute Gasteiger partial charge is 0.460 e. The number of aromatic nitrogens is 5. The van der Waals surface area contributed by atoms with E-state index >= 15 is 0 Å². The number of aryl methyl sites for hydroxylation is 1. The molecule has 0 saturated heterocycles. The number of rotatable bonds is 5. The molecule has 0 unspecified atom stereocenters. The molecule has 0 saturated carbocycles. The van der Waals surface area contributed by atoms with Crippen molar-refractivity contribution in [3.8, 4) is 0 Å². The first-order valence-corrected chi connectivity index (χ1v) is 7.55. The summed E-state index contributed by atoms with van der Waals surface area (Å²) in [7, 11) is 0. The van der Waals surface area contributed by atoms with E-state index in [1.165, 1.54) is 0 Å². The molecule has 0 aliphatic heterocycles. The second-order valence-corrected chi connectivity index (χ2v) is 5.62. The normalized spacial score (nSPS) is 11.3. The average Bonchev–Trinajstić information content (AvgIpc) is 3.15. The van der Waals surface area contributed by atoms with Crippen LogP contribution in [0.3, 0.4) is 0 Å². The predicted octanol–water partition coefficient (Wildman–Crippen LogP) is 2.37. The summed E-state index contributed by atoms with van der Waals surface area (Å²) in [5, 5.41) is 9.22. The van der Waals surface area contributed by atoms with Crippen LogP contribution in [0, 0.1) is 6.92 Å². The number of ether oxygens (including phenoxy) is 1. The summed E-state index contributed by atoms with van der Waals surface area (Å²) >= 11 is 0. The van der Waals surface area contributed by atoms with Crippen molar-refractivity contribution in [2.75, 3.05) is 6.61 Å². The van der Waals surface area contributed by atoms with Crippen LogP contribution in [0.25, 0.3) is 11.0 Å². The van der Waals surface area contributed by atoms with Crippen LogP contribution in [-0.2, 0) is 11.3 Å². The minimum Gasteiger partial charge on any atom is -0.460 e. The number of hydrogen-bond donors (Lipinski definition) is 0. The highest BCUT2D eigenvalue weighted by molar-refractivity contribution is 5.94. The van der Waals surface area contributed by atoms with Crippen molar-refractivity contribution in [1.29, 1.82) is 0 Å². The van der Waals surface area contributed by atoms with Crippen molar-refractivity contribution in [2.45, 2.75) is 33.4 Å². The molecule has 0 aliphatic rings. The molecule has 0 radical (unpaired) electrons. The third-order valence-corrected chi connectivity index (χ3v) is 3.58. The maximum absolute atomic E-state index is 12.3. The fourth-order valence-electron chi connectivity index (χ4n) is 2.39. The molecule has 0 aromatic carbocycles. The zero-order chi connectivity index (χ0) is 16.4. The maximum Gasteiger partial charge on any atom is 0.340 e. The highest BCUT2D eigenvalue weighted by Crippen LogP contribution is 2.19. The van der Waals surface area contributed by atoms with Crippen LogP contribution in [0.1, 0.15) is 35.9 Å². The van der Waals surface area contributed by atoms with Gasteiger partial charge in [-0.25, -0.2) is 14.5 Å². The van der Waals surface area contributed by atoms with Gasteiger partial charge in [-0.1, -0.05) is 0 Å². The third kappa shape index (κ3) is 3.08. The molecule has 3 rings (SSSR count). The van der Waals surface area contributed by atoms with Gasteiger partial charge in [0.05, 0.1) is 24.0 Å². The van der Waals surface area contributed by atoms with Crippen LogP contribution in [0.2, 0.25) is 0 Å². The predicted molar refractivity (Wildman–Crippen MR) is 85.2 cm³/mol. The summed E-state index contributed by atoms with van der Waals surface area (Å²) < 4.78 is 8.88. The Bertz CT molecular complexity index is 820. The van der Waals surface area contributed by atoms with Gasteiger partial charge in [0, 0.05) is 23.8 Å². The molecule has 120 valence electrons. The number of carbonyl (C=O) groups is 1. The molecule has 0 amide bonds. The first kappa shape index (κ1) is 15.2. The van der Waals surface area contributed by atoms with Gasteiger partial charge in [-0.15, -0.1) is 0 Å². The smallest absolute Gasteiger partial charge is 0.340 e. The molecule has 0 N–H and O–H groups in total. The average molecular weight is 313 g/mol. The molecule has 0 bridgehead atoms. The molecular formula is C16H19N5O2. The molecule has 7 heteroatoms. The van der Waals surface area contributed by atoms with Gasteiger partial charge in [0.1, 0.15) is 6.61 Å². The highest BCUT2D eigenvalue weighted by atomic mass is 16.5. The van der Waals surface area contributed by atoms with Crippen molar-refractivity contribution < 1.29 is 9.53 Å². The van der Waals surface area contributed by atoms with Gasteiger partial charge < -0.3 is 4.74 Å². The Morgan fingerprint density at radius 1 is 1.35 bits per heavy atom. The highest BCUT2D eigenvalue weighted by Gasteiger charge is 2.16. The SMILES string of the molecule is Cc1nc2c(cnn2C(C)C)cc1C(=O)OCCn1cccn1. The van der Waals surface area contributed by atoms with Crippen LogP contribution >= 0.6 is 0 Å². The first-order valence-electron chi connectivity index (χ1n) is 7.55. The lowest BCUT2D eigenvalue weighted by Crippen LogP contribution is -2.13. The third-order valence-electron chi connectivity index (χ3n) is 3.58. The Balaban J connectivity index is 1.76. The van der Waals surface area contributed by atoms with Crippen molar-refractivity contribution in [2.24, 2.45) is 0 Å². The quantitative estimate of drug-likeness (QED) is 0.676. The molecule has 0 fully saturated rings. The second-order valence-electron chi connectivity index (χ2n) is 5.62. The zero-order valence-electron chi connectivity index (χ0n) is 13.4. The fourth-order valence-corrected chi connectivity index (χ4v) is 2.39. The van der Waals surface area contributed by atoms with Crippen LogP contribution in [-0.4, -0.2) is 37.1 Å². The van der Waals surface area contributed by atoms with Crippen LogP contribution in [0.15, 0.2) is 30.7 Å². The van der Waals surface area contributed by atoms with E-state index in [2.05, 4.69) is 15.2 Å². The summed E-state index contributed by atoms with van der Waals surface area (Å²) in [5.74, 6) is -0.374. The van der Waals surface area contributed by atoms with Gasteiger partial charge in [-0.2, -0.15) is 10.2 Å². The van der Waals surface area contributed by atoms with E-state index in [0.29, 0.717) is 17.8 Å². The molecule has 3 aromatic rings. The molecular weight excluding hydrogens is 294 g/mol. The number of esters is 1. The Morgan fingerprint density at radius 2 is 2.17 bits per heavy atom. The van der Waals surface area contributed by atoms with Gasteiger partial charge in [0.2, 0.25) is 0 Å². The van der Waals surface area contributed by atoms with E-state index in [1.54, 1.807) is 30.1 Å². The summed E-state index contributed by atoms with van der Waals surface area (Å²) in [6.07, 6.45) is 5.24. The second kappa shape index (κ2) is 6.20. The summed E-state index contributed by atoms with van der Waals surface area (Å²) in [5.41, 5.74) is 1.90. The summed E-state index contributed by atoms with van der Waals surface area (Å²) in [4.78, 5) is 16.8. The van der Waals surface area contributed by atoms with Gasteiger partial charge in [0.15, 0.2) is 5.65 Å². The molecule has 7 nitrogen and oxygen atoms in total. The zero-order valence-corrected chi connectivity index (χ0v) is 13.4. The lowest BCUT2D eigenvalue weighted by atomic mass is 10.2. The van der Waals surface area contributed by atoms with E-state index in [9.17, 15) is 4.79 Å². The van der Waals surface area contributed by atoms with E-state index in [-0.39, 0.29) is 18.6 Å². The minimum absolute atomic E-state index is 0.214. The standard InChI is InChI=1S/C16H19N5O2/c1-11(2)21-15-13(10-18-21)9-14(12(3)19-15)16(22)23-8-7-20-6-4-5-17-20/h4-6,9-11H,7-8H2,1-3H3. The maximum atomic E-state index is 12.3. The molecule has 3 aromatic heterocycles. The van der Waals surface area contributed by atoms with Crippen LogP contribution < -0.4 is 0 Å². The Morgan fingerprint density at radius 3 is 2.87 bits per heavy atom. The summed E-state index contributed by atoms with van der Waals surface area (Å²) in [6.45, 7) is 6.69. The molecule has 0 aliphatic carbocycles. The van der Waals surface area contributed by atoms with Gasteiger partial charge in [-0.3, -0.25) is 4.68 Å². The van der Waals surface area contributed by atoms with E-state index in [4.69, 9.17) is 4.74 Å². The number of fused-ring (bicyclic) bond motifs is 1. The topological polar surface area (TPSA) is 74.8 Å². The van der Waals surface area contributed by atoms with Gasteiger partial charge in [0.25, 0.3) is 0 Å². The van der Waals surface area contributed by atoms with E-state index < -0.39 is 0 Å². The Kier molecular flexibility index (Phi) is 4.10. The molecule has 3 heterocycles. The fraction of sp³-hybridized carbons (Fsp3) is 0.375. The van der Waals surface area contributed by atoms with Gasteiger partial charge >= 0.3 is 5.97 Å². The number of pyridine rings is 1. The minimum atomic E-state index is -0.374. The first-order chi connectivity index (χ1) is 11.1. The lowest BCUT2D eigenvalue weighted by molar-refractivity contribution is 0.0486. The summed E-state index contributed by atoms with van der Waals surface area (Å²) in [6, 6.07) is 3.84. The van der Waals surface area contributed by atoms with Crippen LogP contribution in [0.4, 0.5) is 0 Å². The van der Waals surface area contributed by atoms with Crippen molar-refractivity contribution >= 4 is 17.0 Å². The van der Waals surface area contributed by atoms with Crippen molar-refractivity contribution in [3.63, 3.8) is 0 Å². The monoisotopic (exact) mass is 313 g/mol. The molecule has 23 heavy (non-hydrogen) atoms. The van der Waals surface area contributed by atoms with E-state index in [1.807, 2.05) is 30.8 Å².